The molecule has 2 aromatic carbocycles. The quantitative estimate of drug-likeness (QED) is 0.159. The van der Waals surface area contributed by atoms with E-state index in [2.05, 4.69) is 25.4 Å². The first-order chi connectivity index (χ1) is 19.2. The molecule has 0 radical (unpaired) electrons. The van der Waals surface area contributed by atoms with Crippen LogP contribution in [0.15, 0.2) is 59.7 Å². The Morgan fingerprint density at radius 2 is 1.93 bits per heavy atom. The minimum atomic E-state index is -0.833. The molecule has 2 atom stereocenters. The third-order valence-electron chi connectivity index (χ3n) is 5.83. The number of hydrogen-bond donors (Lipinski definition) is 5. The van der Waals surface area contributed by atoms with Gasteiger partial charge in [0.05, 0.1) is 7.11 Å². The Morgan fingerprint density at radius 3 is 2.52 bits per heavy atom. The van der Waals surface area contributed by atoms with Crippen LogP contribution in [0.4, 0.5) is 5.69 Å². The maximum Gasteiger partial charge on any atom is 0.350 e. The number of nitrogens with one attached hydrogen (secondary N) is 3. The molecule has 1 unspecified atom stereocenters. The number of benzene rings is 2. The van der Waals surface area contributed by atoms with Gasteiger partial charge in [-0.3, -0.25) is 15.2 Å². The van der Waals surface area contributed by atoms with Gasteiger partial charge >= 0.3 is 5.69 Å². The minimum Gasteiger partial charge on any atom is -0.493 e. The van der Waals surface area contributed by atoms with Gasteiger partial charge in [-0.2, -0.15) is 0 Å². The highest BCUT2D eigenvalue weighted by Crippen LogP contribution is 2.44. The summed E-state index contributed by atoms with van der Waals surface area (Å²) in [7, 11) is 3.18. The van der Waals surface area contributed by atoms with Crippen molar-refractivity contribution in [2.45, 2.75) is 19.1 Å². The molecular formula is C26H28N8O6. The third kappa shape index (κ3) is 6.07. The molecule has 0 saturated heterocycles. The van der Waals surface area contributed by atoms with Crippen molar-refractivity contribution in [3.63, 3.8) is 0 Å². The van der Waals surface area contributed by atoms with Crippen LogP contribution >= 0.6 is 0 Å². The molecule has 4 aromatic rings. The molecule has 0 bridgehead atoms. The van der Waals surface area contributed by atoms with Crippen LogP contribution in [0.25, 0.3) is 5.95 Å². The van der Waals surface area contributed by atoms with E-state index in [9.17, 15) is 4.79 Å². The number of rotatable bonds is 8. The number of aromatic nitrogens is 5. The molecule has 0 spiro atoms. The molecule has 1 aliphatic heterocycles. The van der Waals surface area contributed by atoms with Gasteiger partial charge < -0.3 is 30.4 Å². The van der Waals surface area contributed by atoms with Crippen molar-refractivity contribution in [1.29, 1.82) is 5.41 Å². The third-order valence-corrected chi connectivity index (χ3v) is 5.83. The summed E-state index contributed by atoms with van der Waals surface area (Å²) in [6, 6.07) is 11.9. The molecule has 0 saturated carbocycles. The number of amidine groups is 1. The van der Waals surface area contributed by atoms with Gasteiger partial charge in [0.15, 0.2) is 17.3 Å². The van der Waals surface area contributed by atoms with Crippen LogP contribution in [0.1, 0.15) is 41.6 Å². The van der Waals surface area contributed by atoms with Crippen molar-refractivity contribution < 1.29 is 24.1 Å². The van der Waals surface area contributed by atoms with Crippen LogP contribution in [0, 0.1) is 5.41 Å². The van der Waals surface area contributed by atoms with Gasteiger partial charge in [0.1, 0.15) is 24.6 Å². The Morgan fingerprint density at radius 1 is 1.25 bits per heavy atom. The standard InChI is InChI=1S/C24H24N8O4.C2H4O2/c1-34-17-11-14(10-16-18(35-2)12-36-20(16)17)19(29-15-6-4-13(5-7-15)21(25)26)22-30-24(33)32(31-22)23-27-8-3-9-28-23;1-2(3)4/h3-11,18-19,29H,12H2,1-2H3,(H3,25,26)(H,30,31,33);1H3,(H,3,4)/t18-,19?;/m1./s1. The van der Waals surface area contributed by atoms with Crippen LogP contribution in [-0.4, -0.2) is 62.5 Å². The van der Waals surface area contributed by atoms with E-state index in [1.54, 1.807) is 44.6 Å². The monoisotopic (exact) mass is 548 g/mol. The zero-order valence-electron chi connectivity index (χ0n) is 21.9. The van der Waals surface area contributed by atoms with E-state index in [0.29, 0.717) is 29.5 Å². The summed E-state index contributed by atoms with van der Waals surface area (Å²) < 4.78 is 18.1. The molecule has 0 amide bonds. The topological polar surface area (TPSA) is 203 Å². The summed E-state index contributed by atoms with van der Waals surface area (Å²) in [5, 5.41) is 22.9. The lowest BCUT2D eigenvalue weighted by Gasteiger charge is -2.20. The van der Waals surface area contributed by atoms with Crippen molar-refractivity contribution in [3.05, 3.63) is 87.9 Å². The summed E-state index contributed by atoms with van der Waals surface area (Å²) in [5.41, 5.74) is 8.00. The fourth-order valence-electron chi connectivity index (χ4n) is 4.03. The zero-order valence-corrected chi connectivity index (χ0v) is 21.9. The molecule has 14 nitrogen and oxygen atoms in total. The van der Waals surface area contributed by atoms with Crippen molar-refractivity contribution >= 4 is 17.5 Å². The molecule has 2 aromatic heterocycles. The van der Waals surface area contributed by atoms with Crippen LogP contribution in [0.3, 0.4) is 0 Å². The van der Waals surface area contributed by atoms with E-state index in [1.165, 1.54) is 12.4 Å². The number of ether oxygens (including phenoxy) is 3. The van der Waals surface area contributed by atoms with Gasteiger partial charge in [-0.05, 0) is 48.0 Å². The minimum absolute atomic E-state index is 0.0296. The average molecular weight is 549 g/mol. The number of methoxy groups -OCH3 is 2. The molecule has 6 N–H and O–H groups in total. The first-order valence-electron chi connectivity index (χ1n) is 12.0. The Hall–Kier alpha value is -5.24. The van der Waals surface area contributed by atoms with E-state index in [4.69, 9.17) is 35.3 Å². The lowest BCUT2D eigenvalue weighted by Crippen LogP contribution is -2.18. The number of carboxylic acids is 1. The molecule has 40 heavy (non-hydrogen) atoms. The summed E-state index contributed by atoms with van der Waals surface area (Å²) >= 11 is 0. The summed E-state index contributed by atoms with van der Waals surface area (Å²) in [6.45, 7) is 1.45. The summed E-state index contributed by atoms with van der Waals surface area (Å²) in [5.74, 6) is 0.772. The SMILES string of the molecule is CC(=O)O.COc1cc(C(Nc2ccc(C(=N)N)cc2)c2nn(-c3ncccn3)c(=O)[nH]2)cc2c1OC[C@H]2OC. The highest BCUT2D eigenvalue weighted by molar-refractivity contribution is 5.95. The second kappa shape index (κ2) is 12.1. The van der Waals surface area contributed by atoms with Crippen LogP contribution in [0.5, 0.6) is 11.5 Å². The Balaban J connectivity index is 0.000000867. The smallest absolute Gasteiger partial charge is 0.350 e. The lowest BCUT2D eigenvalue weighted by molar-refractivity contribution is -0.134. The molecule has 208 valence electrons. The number of aromatic amines is 1. The second-order valence-corrected chi connectivity index (χ2v) is 8.54. The number of fused-ring (bicyclic) bond motifs is 1. The molecular weight excluding hydrogens is 520 g/mol. The van der Waals surface area contributed by atoms with E-state index in [0.717, 1.165) is 28.4 Å². The summed E-state index contributed by atoms with van der Waals surface area (Å²) in [4.78, 5) is 32.9. The normalized spacial score (nSPS) is 14.2. The fraction of sp³-hybridized carbons (Fsp3) is 0.231. The van der Waals surface area contributed by atoms with Gasteiger partial charge in [0.2, 0.25) is 0 Å². The molecule has 0 aliphatic carbocycles. The number of nitrogens with two attached hydrogens (primary N) is 1. The van der Waals surface area contributed by atoms with E-state index >= 15 is 0 Å². The number of nitrogens with zero attached hydrogens (tertiary/aromatic N) is 4. The lowest BCUT2D eigenvalue weighted by atomic mass is 9.99. The van der Waals surface area contributed by atoms with Crippen molar-refractivity contribution in [1.82, 2.24) is 24.7 Å². The number of aliphatic carboxylic acids is 1. The number of H-pyrrole nitrogens is 1. The van der Waals surface area contributed by atoms with Gasteiger partial charge in [0.25, 0.3) is 11.9 Å². The predicted octanol–water partition coefficient (Wildman–Crippen LogP) is 2.02. The molecule has 3 heterocycles. The Kier molecular flexibility index (Phi) is 8.39. The Labute approximate surface area is 228 Å². The largest absolute Gasteiger partial charge is 0.493 e. The average Bonchev–Trinajstić information content (AvgIpc) is 3.54. The van der Waals surface area contributed by atoms with Crippen LogP contribution in [0.2, 0.25) is 0 Å². The number of carboxylic acid groups (broad SMARTS) is 1. The molecule has 14 heteroatoms. The van der Waals surface area contributed by atoms with Crippen molar-refractivity contribution in [3.8, 4) is 17.4 Å². The second-order valence-electron chi connectivity index (χ2n) is 8.54. The van der Waals surface area contributed by atoms with E-state index < -0.39 is 17.7 Å². The fourth-order valence-corrected chi connectivity index (χ4v) is 4.03. The van der Waals surface area contributed by atoms with Gasteiger partial charge in [0, 0.05) is 43.2 Å². The number of hydrogen-bond acceptors (Lipinski definition) is 10. The Bertz CT molecular complexity index is 1550. The summed E-state index contributed by atoms with van der Waals surface area (Å²) in [6.07, 6.45) is 2.80. The predicted molar refractivity (Wildman–Crippen MR) is 144 cm³/mol. The number of anilines is 1. The van der Waals surface area contributed by atoms with Gasteiger partial charge in [-0.25, -0.2) is 14.8 Å². The van der Waals surface area contributed by atoms with E-state index in [-0.39, 0.29) is 17.9 Å². The molecule has 5 rings (SSSR count). The molecule has 1 aliphatic rings. The highest BCUT2D eigenvalue weighted by Gasteiger charge is 2.31. The van der Waals surface area contributed by atoms with Crippen LogP contribution in [-0.2, 0) is 9.53 Å². The van der Waals surface area contributed by atoms with E-state index in [1.807, 2.05) is 12.1 Å². The number of nitrogen functional groups attached to an aromatic ring is 1. The van der Waals surface area contributed by atoms with Crippen molar-refractivity contribution in [2.24, 2.45) is 5.73 Å². The maximum absolute atomic E-state index is 12.8. The highest BCUT2D eigenvalue weighted by atomic mass is 16.6. The number of carbonyl (C=O) groups is 1. The first-order valence-corrected chi connectivity index (χ1v) is 12.0. The van der Waals surface area contributed by atoms with Gasteiger partial charge in [-0.1, -0.05) is 0 Å². The maximum atomic E-state index is 12.8. The first kappa shape index (κ1) is 27.8. The zero-order chi connectivity index (χ0) is 28.8. The van der Waals surface area contributed by atoms with Crippen LogP contribution < -0.4 is 26.2 Å². The van der Waals surface area contributed by atoms with Crippen molar-refractivity contribution in [2.75, 3.05) is 26.1 Å². The molecule has 0 fully saturated rings. The van der Waals surface area contributed by atoms with Gasteiger partial charge in [-0.15, -0.1) is 9.78 Å².